The van der Waals surface area contributed by atoms with Gasteiger partial charge >= 0.3 is 0 Å². The first-order valence-electron chi connectivity index (χ1n) is 5.15. The summed E-state index contributed by atoms with van der Waals surface area (Å²) in [5.41, 5.74) is 1.18. The van der Waals surface area contributed by atoms with Gasteiger partial charge in [0.2, 0.25) is 0 Å². The van der Waals surface area contributed by atoms with E-state index in [1.165, 1.54) is 23.6 Å². The summed E-state index contributed by atoms with van der Waals surface area (Å²) < 4.78 is 26.7. The normalized spacial score (nSPS) is 11.4. The molecule has 96 valence electrons. The largest absolute Gasteiger partial charge is 0.392 e. The number of aryl methyl sites for hydroxylation is 1. The van der Waals surface area contributed by atoms with Gasteiger partial charge in [0, 0.05) is 11.6 Å². The summed E-state index contributed by atoms with van der Waals surface area (Å²) in [5, 5.41) is 11.1. The fraction of sp³-hybridized carbons (Fsp3) is 0.182. The number of anilines is 1. The first kappa shape index (κ1) is 13.0. The number of rotatable bonds is 4. The van der Waals surface area contributed by atoms with Crippen LogP contribution in [0.1, 0.15) is 11.1 Å². The third-order valence-electron chi connectivity index (χ3n) is 2.38. The second-order valence-corrected chi connectivity index (χ2v) is 6.25. The van der Waals surface area contributed by atoms with E-state index in [0.717, 1.165) is 0 Å². The van der Waals surface area contributed by atoms with Crippen molar-refractivity contribution in [2.45, 2.75) is 18.4 Å². The van der Waals surface area contributed by atoms with E-state index in [9.17, 15) is 8.42 Å². The average molecular weight is 284 g/mol. The molecule has 18 heavy (non-hydrogen) atoms. The number of nitrogens with one attached hydrogen (secondary N) is 1. The molecule has 0 aliphatic rings. The molecule has 0 fully saturated rings. The molecule has 2 aromatic rings. The molecule has 0 amide bonds. The van der Waals surface area contributed by atoms with Gasteiger partial charge in [0.05, 0.1) is 11.5 Å². The van der Waals surface area contributed by atoms with Crippen molar-refractivity contribution in [3.8, 4) is 0 Å². The zero-order valence-corrected chi connectivity index (χ0v) is 11.3. The summed E-state index contributed by atoms with van der Waals surface area (Å²) in [7, 11) is -3.66. The van der Waals surface area contributed by atoms with Gasteiger partial charge in [0.25, 0.3) is 10.0 Å². The Morgan fingerprint density at radius 3 is 2.83 bits per heavy atom. The Balaban J connectivity index is 2.40. The second-order valence-electron chi connectivity index (χ2n) is 3.70. The van der Waals surface area contributed by atoms with Crippen LogP contribution < -0.4 is 4.72 Å². The van der Waals surface area contributed by atoms with Gasteiger partial charge in [-0.15, -0.1) is 11.3 Å². The van der Waals surface area contributed by atoms with Gasteiger partial charge in [-0.25, -0.2) is 13.4 Å². The van der Waals surface area contributed by atoms with E-state index in [2.05, 4.69) is 9.71 Å². The van der Waals surface area contributed by atoms with Crippen molar-refractivity contribution in [1.82, 2.24) is 4.98 Å². The van der Waals surface area contributed by atoms with E-state index in [0.29, 0.717) is 16.3 Å². The van der Waals surface area contributed by atoms with E-state index in [-0.39, 0.29) is 11.5 Å². The first-order valence-corrected chi connectivity index (χ1v) is 7.52. The van der Waals surface area contributed by atoms with Crippen molar-refractivity contribution >= 4 is 26.5 Å². The minimum atomic E-state index is -3.66. The Bertz CT molecular complexity index is 636. The van der Waals surface area contributed by atoms with Crippen LogP contribution in [0, 0.1) is 6.92 Å². The van der Waals surface area contributed by atoms with Gasteiger partial charge in [-0.2, -0.15) is 0 Å². The SMILES string of the molecule is Cc1ccc(CO)cc1S(=O)(=O)Nc1nccs1. The number of nitrogens with zero attached hydrogens (tertiary/aromatic N) is 1. The molecular formula is C11H12N2O3S2. The second kappa shape index (κ2) is 5.05. The summed E-state index contributed by atoms with van der Waals surface area (Å²) >= 11 is 1.21. The van der Waals surface area contributed by atoms with E-state index in [1.807, 2.05) is 0 Å². The predicted molar refractivity (Wildman–Crippen MR) is 70.0 cm³/mol. The molecule has 7 heteroatoms. The van der Waals surface area contributed by atoms with Gasteiger partial charge in [-0.05, 0) is 24.1 Å². The lowest BCUT2D eigenvalue weighted by Crippen LogP contribution is -2.14. The smallest absolute Gasteiger partial charge is 0.263 e. The number of sulfonamides is 1. The van der Waals surface area contributed by atoms with E-state index in [4.69, 9.17) is 5.11 Å². The van der Waals surface area contributed by atoms with E-state index < -0.39 is 10.0 Å². The maximum atomic E-state index is 12.2. The van der Waals surface area contributed by atoms with Crippen LogP contribution in [-0.4, -0.2) is 18.5 Å². The van der Waals surface area contributed by atoms with Gasteiger partial charge in [-0.1, -0.05) is 12.1 Å². The van der Waals surface area contributed by atoms with Crippen LogP contribution in [0.2, 0.25) is 0 Å². The Morgan fingerprint density at radius 2 is 2.22 bits per heavy atom. The minimum absolute atomic E-state index is 0.157. The molecule has 0 saturated carbocycles. The Kier molecular flexibility index (Phi) is 3.65. The van der Waals surface area contributed by atoms with Crippen molar-refractivity contribution in [3.63, 3.8) is 0 Å². The number of thiazole rings is 1. The average Bonchev–Trinajstić information content (AvgIpc) is 2.81. The molecule has 1 aromatic heterocycles. The van der Waals surface area contributed by atoms with Gasteiger partial charge in [0.1, 0.15) is 0 Å². The summed E-state index contributed by atoms with van der Waals surface area (Å²) in [4.78, 5) is 4.03. The molecule has 0 radical (unpaired) electrons. The van der Waals surface area contributed by atoms with Crippen molar-refractivity contribution in [3.05, 3.63) is 40.9 Å². The molecule has 0 atom stereocenters. The number of hydrogen-bond acceptors (Lipinski definition) is 5. The predicted octanol–water partition coefficient (Wildman–Crippen LogP) is 1.74. The monoisotopic (exact) mass is 284 g/mol. The molecule has 1 heterocycles. The highest BCUT2D eigenvalue weighted by atomic mass is 32.2. The summed E-state index contributed by atoms with van der Waals surface area (Å²) in [6, 6.07) is 4.82. The van der Waals surface area contributed by atoms with E-state index >= 15 is 0 Å². The van der Waals surface area contributed by atoms with Crippen molar-refractivity contribution in [2.75, 3.05) is 4.72 Å². The molecule has 0 unspecified atom stereocenters. The Hall–Kier alpha value is -1.44. The standard InChI is InChI=1S/C11H12N2O3S2/c1-8-2-3-9(7-14)6-10(8)18(15,16)13-11-12-4-5-17-11/h2-6,14H,7H2,1H3,(H,12,13). The van der Waals surface area contributed by atoms with Gasteiger partial charge in [0.15, 0.2) is 5.13 Å². The highest BCUT2D eigenvalue weighted by molar-refractivity contribution is 7.93. The van der Waals surface area contributed by atoms with Crippen LogP contribution in [0.3, 0.4) is 0 Å². The highest BCUT2D eigenvalue weighted by Gasteiger charge is 2.18. The first-order chi connectivity index (χ1) is 8.53. The molecule has 0 spiro atoms. The van der Waals surface area contributed by atoms with Crippen LogP contribution >= 0.6 is 11.3 Å². The van der Waals surface area contributed by atoms with Crippen LogP contribution in [-0.2, 0) is 16.6 Å². The molecule has 1 aromatic carbocycles. The Morgan fingerprint density at radius 1 is 1.44 bits per heavy atom. The summed E-state index contributed by atoms with van der Waals surface area (Å²) in [6.45, 7) is 1.51. The lowest BCUT2D eigenvalue weighted by molar-refractivity contribution is 0.281. The zero-order valence-electron chi connectivity index (χ0n) is 9.62. The number of benzene rings is 1. The molecule has 2 rings (SSSR count). The molecule has 0 bridgehead atoms. The molecule has 2 N–H and O–H groups in total. The fourth-order valence-corrected chi connectivity index (χ4v) is 3.56. The summed E-state index contributed by atoms with van der Waals surface area (Å²) in [5.74, 6) is 0. The van der Waals surface area contributed by atoms with Crippen LogP contribution in [0.15, 0.2) is 34.7 Å². The number of aliphatic hydroxyl groups excluding tert-OH is 1. The minimum Gasteiger partial charge on any atom is -0.392 e. The maximum Gasteiger partial charge on any atom is 0.263 e. The Labute approximate surface area is 109 Å². The third-order valence-corrected chi connectivity index (χ3v) is 4.68. The molecule has 0 aliphatic carbocycles. The number of hydrogen-bond donors (Lipinski definition) is 2. The number of aromatic nitrogens is 1. The molecule has 0 saturated heterocycles. The van der Waals surface area contributed by atoms with Gasteiger partial charge < -0.3 is 5.11 Å². The van der Waals surface area contributed by atoms with Crippen molar-refractivity contribution in [2.24, 2.45) is 0 Å². The zero-order chi connectivity index (χ0) is 13.2. The highest BCUT2D eigenvalue weighted by Crippen LogP contribution is 2.21. The lowest BCUT2D eigenvalue weighted by atomic mass is 10.2. The lowest BCUT2D eigenvalue weighted by Gasteiger charge is -2.09. The van der Waals surface area contributed by atoms with Crippen molar-refractivity contribution in [1.29, 1.82) is 0 Å². The fourth-order valence-electron chi connectivity index (χ4n) is 1.48. The van der Waals surface area contributed by atoms with Crippen molar-refractivity contribution < 1.29 is 13.5 Å². The van der Waals surface area contributed by atoms with Crippen LogP contribution in [0.4, 0.5) is 5.13 Å². The summed E-state index contributed by atoms with van der Waals surface area (Å²) in [6.07, 6.45) is 1.53. The maximum absolute atomic E-state index is 12.2. The topological polar surface area (TPSA) is 79.3 Å². The van der Waals surface area contributed by atoms with Crippen LogP contribution in [0.25, 0.3) is 0 Å². The number of aliphatic hydroxyl groups is 1. The molecule has 0 aliphatic heterocycles. The van der Waals surface area contributed by atoms with Gasteiger partial charge in [-0.3, -0.25) is 4.72 Å². The molecule has 5 nitrogen and oxygen atoms in total. The van der Waals surface area contributed by atoms with E-state index in [1.54, 1.807) is 24.4 Å². The quantitative estimate of drug-likeness (QED) is 0.896. The molecular weight excluding hydrogens is 272 g/mol. The third kappa shape index (κ3) is 2.69. The van der Waals surface area contributed by atoms with Crippen LogP contribution in [0.5, 0.6) is 0 Å².